The Labute approximate surface area is 175 Å². The first-order valence-electron chi connectivity index (χ1n) is 10.3. The number of anilines is 2. The third-order valence-electron chi connectivity index (χ3n) is 7.36. The lowest BCUT2D eigenvalue weighted by Gasteiger charge is -2.31. The Balaban J connectivity index is 1.32. The molecule has 1 saturated heterocycles. The highest BCUT2D eigenvalue weighted by Gasteiger charge is 2.59. The standard InChI is InChI=1S/C21H28N8O/c1-20-9-14(28(4)18-15-5-7-22-17(15)23-13-24-18)10-21(20,2)12-29(11-20)19(30)25-16-6-8-27(3)26-16/h5-8,13-14H,9-12H2,1-4H3,(H,22,23,24)(H,25,26,30)/t14-,20+,21-. The van der Waals surface area contributed by atoms with Gasteiger partial charge in [-0.25, -0.2) is 14.8 Å². The minimum absolute atomic E-state index is 0.0532. The maximum atomic E-state index is 12.8. The average molecular weight is 409 g/mol. The van der Waals surface area contributed by atoms with Crippen molar-refractivity contribution in [1.29, 1.82) is 0 Å². The topological polar surface area (TPSA) is 95.0 Å². The highest BCUT2D eigenvalue weighted by atomic mass is 16.2. The number of hydrogen-bond donors (Lipinski definition) is 2. The molecule has 2 aliphatic rings. The van der Waals surface area contributed by atoms with Crippen LogP contribution in [-0.2, 0) is 7.05 Å². The van der Waals surface area contributed by atoms with Crippen molar-refractivity contribution in [2.45, 2.75) is 32.7 Å². The molecule has 1 aliphatic carbocycles. The van der Waals surface area contributed by atoms with Crippen LogP contribution in [0.4, 0.5) is 16.4 Å². The van der Waals surface area contributed by atoms with Crippen molar-refractivity contribution in [3.8, 4) is 0 Å². The van der Waals surface area contributed by atoms with Crippen LogP contribution in [0, 0.1) is 10.8 Å². The van der Waals surface area contributed by atoms with Gasteiger partial charge < -0.3 is 14.8 Å². The van der Waals surface area contributed by atoms with Gasteiger partial charge in [-0.15, -0.1) is 0 Å². The number of aromatic amines is 1. The van der Waals surface area contributed by atoms with E-state index in [1.807, 2.05) is 36.5 Å². The molecule has 158 valence electrons. The number of rotatable bonds is 3. The summed E-state index contributed by atoms with van der Waals surface area (Å²) in [4.78, 5) is 29.1. The number of fused-ring (bicyclic) bond motifs is 2. The smallest absolute Gasteiger partial charge is 0.323 e. The van der Waals surface area contributed by atoms with Crippen molar-refractivity contribution in [1.82, 2.24) is 29.6 Å². The largest absolute Gasteiger partial charge is 0.356 e. The highest BCUT2D eigenvalue weighted by Crippen LogP contribution is 2.58. The minimum Gasteiger partial charge on any atom is -0.356 e. The fourth-order valence-electron chi connectivity index (χ4n) is 5.41. The first-order chi connectivity index (χ1) is 14.3. The molecule has 3 atom stereocenters. The van der Waals surface area contributed by atoms with Gasteiger partial charge in [0.2, 0.25) is 0 Å². The summed E-state index contributed by atoms with van der Waals surface area (Å²) in [5.74, 6) is 1.55. The lowest BCUT2D eigenvalue weighted by atomic mass is 9.71. The van der Waals surface area contributed by atoms with Crippen LogP contribution >= 0.6 is 0 Å². The van der Waals surface area contributed by atoms with E-state index in [-0.39, 0.29) is 16.9 Å². The van der Waals surface area contributed by atoms with E-state index >= 15 is 0 Å². The van der Waals surface area contributed by atoms with Crippen molar-refractivity contribution < 1.29 is 4.79 Å². The Morgan fingerprint density at radius 3 is 2.63 bits per heavy atom. The van der Waals surface area contributed by atoms with Gasteiger partial charge in [-0.05, 0) is 29.7 Å². The van der Waals surface area contributed by atoms with Crippen molar-refractivity contribution >= 4 is 28.7 Å². The van der Waals surface area contributed by atoms with Crippen molar-refractivity contribution in [2.24, 2.45) is 17.9 Å². The van der Waals surface area contributed by atoms with Crippen LogP contribution in [0.1, 0.15) is 26.7 Å². The molecule has 0 unspecified atom stereocenters. The number of amides is 2. The minimum atomic E-state index is -0.0692. The van der Waals surface area contributed by atoms with E-state index in [2.05, 4.69) is 51.2 Å². The highest BCUT2D eigenvalue weighted by molar-refractivity contribution is 5.89. The van der Waals surface area contributed by atoms with E-state index < -0.39 is 0 Å². The first kappa shape index (κ1) is 18.9. The lowest BCUT2D eigenvalue weighted by Crippen LogP contribution is -2.38. The molecule has 0 aromatic carbocycles. The second-order valence-electron chi connectivity index (χ2n) is 9.39. The Kier molecular flexibility index (Phi) is 4.06. The lowest BCUT2D eigenvalue weighted by molar-refractivity contribution is 0.184. The van der Waals surface area contributed by atoms with Crippen LogP contribution < -0.4 is 10.2 Å². The quantitative estimate of drug-likeness (QED) is 0.695. The summed E-state index contributed by atoms with van der Waals surface area (Å²) in [6, 6.07) is 4.14. The zero-order valence-corrected chi connectivity index (χ0v) is 17.9. The SMILES string of the molecule is CN(c1ncnc2[nH]ccc12)[C@@H]1C[C@@]2(C)CN(C(=O)Nc3ccn(C)n3)C[C@@]2(C)C1. The van der Waals surface area contributed by atoms with Crippen molar-refractivity contribution in [2.75, 3.05) is 30.4 Å². The maximum absolute atomic E-state index is 12.8. The van der Waals surface area contributed by atoms with Crippen molar-refractivity contribution in [3.05, 3.63) is 30.9 Å². The van der Waals surface area contributed by atoms with Crippen LogP contribution in [0.25, 0.3) is 11.0 Å². The third kappa shape index (κ3) is 2.83. The molecule has 1 saturated carbocycles. The van der Waals surface area contributed by atoms with E-state index in [0.717, 1.165) is 42.8 Å². The molecule has 2 N–H and O–H groups in total. The molecule has 5 rings (SSSR count). The zero-order chi connectivity index (χ0) is 21.1. The Morgan fingerprint density at radius 1 is 1.23 bits per heavy atom. The molecule has 9 heteroatoms. The average Bonchev–Trinajstić information content (AvgIpc) is 3.42. The number of hydrogen-bond acceptors (Lipinski definition) is 5. The summed E-state index contributed by atoms with van der Waals surface area (Å²) in [5, 5.41) is 8.23. The van der Waals surface area contributed by atoms with Gasteiger partial charge in [0.05, 0.1) is 5.39 Å². The van der Waals surface area contributed by atoms with E-state index in [1.54, 1.807) is 11.0 Å². The molecule has 4 heterocycles. The van der Waals surface area contributed by atoms with E-state index in [9.17, 15) is 4.79 Å². The fourth-order valence-corrected chi connectivity index (χ4v) is 5.41. The van der Waals surface area contributed by atoms with Gasteiger partial charge in [-0.3, -0.25) is 10.00 Å². The summed E-state index contributed by atoms with van der Waals surface area (Å²) in [5.41, 5.74) is 0.967. The van der Waals surface area contributed by atoms with E-state index in [1.165, 1.54) is 0 Å². The number of aromatic nitrogens is 5. The van der Waals surface area contributed by atoms with Crippen LogP contribution in [-0.4, -0.2) is 61.8 Å². The van der Waals surface area contributed by atoms with Gasteiger partial charge in [0, 0.05) is 51.7 Å². The Bertz CT molecular complexity index is 1090. The van der Waals surface area contributed by atoms with Crippen LogP contribution in [0.3, 0.4) is 0 Å². The van der Waals surface area contributed by atoms with E-state index in [4.69, 9.17) is 0 Å². The molecule has 1 aliphatic heterocycles. The summed E-state index contributed by atoms with van der Waals surface area (Å²) in [7, 11) is 3.96. The summed E-state index contributed by atoms with van der Waals surface area (Å²) >= 11 is 0. The van der Waals surface area contributed by atoms with Gasteiger partial charge in [0.1, 0.15) is 17.8 Å². The number of carbonyl (C=O) groups excluding carboxylic acids is 1. The number of aryl methyl sites for hydroxylation is 1. The number of H-pyrrole nitrogens is 1. The predicted octanol–water partition coefficient (Wildman–Crippen LogP) is 2.85. The van der Waals surface area contributed by atoms with Gasteiger partial charge in [0.25, 0.3) is 0 Å². The first-order valence-corrected chi connectivity index (χ1v) is 10.3. The molecule has 0 bridgehead atoms. The summed E-state index contributed by atoms with van der Waals surface area (Å²) < 4.78 is 1.69. The van der Waals surface area contributed by atoms with Gasteiger partial charge in [0.15, 0.2) is 5.82 Å². The number of carbonyl (C=O) groups is 1. The predicted molar refractivity (Wildman–Crippen MR) is 115 cm³/mol. The molecule has 0 spiro atoms. The second kappa shape index (κ2) is 6.45. The summed E-state index contributed by atoms with van der Waals surface area (Å²) in [6.07, 6.45) is 7.38. The van der Waals surface area contributed by atoms with E-state index in [0.29, 0.717) is 11.9 Å². The van der Waals surface area contributed by atoms with Gasteiger partial charge in [-0.2, -0.15) is 5.10 Å². The number of nitrogens with one attached hydrogen (secondary N) is 2. The summed E-state index contributed by atoms with van der Waals surface area (Å²) in [6.45, 7) is 6.13. The molecule has 2 amide bonds. The normalized spacial score (nSPS) is 28.1. The third-order valence-corrected chi connectivity index (χ3v) is 7.36. The number of likely N-dealkylation sites (tertiary alicyclic amines) is 1. The number of urea groups is 1. The molecule has 3 aromatic rings. The molecule has 3 aromatic heterocycles. The fraction of sp³-hybridized carbons (Fsp3) is 0.524. The molecule has 30 heavy (non-hydrogen) atoms. The monoisotopic (exact) mass is 408 g/mol. The van der Waals surface area contributed by atoms with Crippen LogP contribution in [0.2, 0.25) is 0 Å². The van der Waals surface area contributed by atoms with Gasteiger partial charge in [-0.1, -0.05) is 13.8 Å². The molecule has 0 radical (unpaired) electrons. The zero-order valence-electron chi connectivity index (χ0n) is 17.9. The molecular formula is C21H28N8O. The molecule has 9 nitrogen and oxygen atoms in total. The molecular weight excluding hydrogens is 380 g/mol. The number of nitrogens with zero attached hydrogens (tertiary/aromatic N) is 6. The van der Waals surface area contributed by atoms with Crippen molar-refractivity contribution in [3.63, 3.8) is 0 Å². The van der Waals surface area contributed by atoms with Crippen LogP contribution in [0.15, 0.2) is 30.9 Å². The second-order valence-corrected chi connectivity index (χ2v) is 9.39. The Morgan fingerprint density at radius 2 is 1.97 bits per heavy atom. The Hall–Kier alpha value is -3.10. The van der Waals surface area contributed by atoms with Crippen LogP contribution in [0.5, 0.6) is 0 Å². The maximum Gasteiger partial charge on any atom is 0.323 e. The molecule has 2 fully saturated rings. The van der Waals surface area contributed by atoms with Gasteiger partial charge >= 0.3 is 6.03 Å².